The Kier molecular flexibility index (Phi) is 4.93. The predicted molar refractivity (Wildman–Crippen MR) is 64.7 cm³/mol. The van der Waals surface area contributed by atoms with E-state index in [1.54, 1.807) is 0 Å². The van der Waals surface area contributed by atoms with E-state index in [0.717, 1.165) is 12.5 Å². The molecule has 0 spiro atoms. The molecule has 1 rings (SSSR count). The van der Waals surface area contributed by atoms with E-state index in [1.165, 1.54) is 12.8 Å². The molecule has 5 nitrogen and oxygen atoms in total. The second kappa shape index (κ2) is 6.00. The highest BCUT2D eigenvalue weighted by Crippen LogP contribution is 2.27. The highest BCUT2D eigenvalue weighted by atomic mass is 16.4. The highest BCUT2D eigenvalue weighted by molar-refractivity contribution is 5.78. The molecule has 1 saturated carbocycles. The Labute approximate surface area is 102 Å². The van der Waals surface area contributed by atoms with Gasteiger partial charge in [0.25, 0.3) is 0 Å². The van der Waals surface area contributed by atoms with Crippen LogP contribution in [0.25, 0.3) is 0 Å². The molecule has 1 aliphatic rings. The topological polar surface area (TPSA) is 78.4 Å². The SMILES string of the molecule is CC(C)(CCC(=O)O)NC(=O)CNCC1CC1. The van der Waals surface area contributed by atoms with Gasteiger partial charge >= 0.3 is 5.97 Å². The summed E-state index contributed by atoms with van der Waals surface area (Å²) in [6, 6.07) is 0. The van der Waals surface area contributed by atoms with Crippen molar-refractivity contribution in [3.05, 3.63) is 0 Å². The molecule has 17 heavy (non-hydrogen) atoms. The van der Waals surface area contributed by atoms with Crippen molar-refractivity contribution in [3.63, 3.8) is 0 Å². The van der Waals surface area contributed by atoms with Crippen molar-refractivity contribution in [2.45, 2.75) is 45.1 Å². The van der Waals surface area contributed by atoms with Crippen molar-refractivity contribution < 1.29 is 14.7 Å². The molecule has 0 aromatic heterocycles. The van der Waals surface area contributed by atoms with Crippen LogP contribution < -0.4 is 10.6 Å². The summed E-state index contributed by atoms with van der Waals surface area (Å²) in [6.07, 6.45) is 3.04. The Balaban J connectivity index is 2.15. The predicted octanol–water partition coefficient (Wildman–Crippen LogP) is 0.746. The van der Waals surface area contributed by atoms with Crippen molar-refractivity contribution in [1.82, 2.24) is 10.6 Å². The van der Waals surface area contributed by atoms with Gasteiger partial charge in [-0.3, -0.25) is 9.59 Å². The first-order valence-corrected chi connectivity index (χ1v) is 6.12. The quantitative estimate of drug-likeness (QED) is 0.587. The van der Waals surface area contributed by atoms with Crippen molar-refractivity contribution in [2.75, 3.05) is 13.1 Å². The number of nitrogens with one attached hydrogen (secondary N) is 2. The summed E-state index contributed by atoms with van der Waals surface area (Å²) in [4.78, 5) is 22.0. The van der Waals surface area contributed by atoms with Gasteiger partial charge in [-0.15, -0.1) is 0 Å². The van der Waals surface area contributed by atoms with Gasteiger partial charge in [0.15, 0.2) is 0 Å². The zero-order chi connectivity index (χ0) is 12.9. The molecule has 5 heteroatoms. The number of carbonyl (C=O) groups is 2. The maximum absolute atomic E-state index is 11.6. The first kappa shape index (κ1) is 14.0. The molecular weight excluding hydrogens is 220 g/mol. The van der Waals surface area contributed by atoms with E-state index < -0.39 is 11.5 Å². The van der Waals surface area contributed by atoms with Gasteiger partial charge in [0.2, 0.25) is 5.91 Å². The van der Waals surface area contributed by atoms with E-state index >= 15 is 0 Å². The zero-order valence-corrected chi connectivity index (χ0v) is 10.6. The lowest BCUT2D eigenvalue weighted by Gasteiger charge is -2.25. The van der Waals surface area contributed by atoms with E-state index in [0.29, 0.717) is 13.0 Å². The van der Waals surface area contributed by atoms with Crippen molar-refractivity contribution in [1.29, 1.82) is 0 Å². The Morgan fingerprint density at radius 2 is 2.00 bits per heavy atom. The average Bonchev–Trinajstić information content (AvgIpc) is 2.98. The van der Waals surface area contributed by atoms with E-state index in [-0.39, 0.29) is 12.3 Å². The molecule has 0 aliphatic heterocycles. The number of carbonyl (C=O) groups excluding carboxylic acids is 1. The summed E-state index contributed by atoms with van der Waals surface area (Å²) in [5.74, 6) is -0.150. The van der Waals surface area contributed by atoms with Crippen LogP contribution in [-0.2, 0) is 9.59 Å². The summed E-state index contributed by atoms with van der Waals surface area (Å²) in [6.45, 7) is 4.90. The second-order valence-electron chi connectivity index (χ2n) is 5.40. The fourth-order valence-electron chi connectivity index (χ4n) is 1.62. The molecule has 3 N–H and O–H groups in total. The highest BCUT2D eigenvalue weighted by Gasteiger charge is 2.23. The van der Waals surface area contributed by atoms with Crippen LogP contribution in [0, 0.1) is 5.92 Å². The van der Waals surface area contributed by atoms with Crippen LogP contribution in [0.4, 0.5) is 0 Å². The van der Waals surface area contributed by atoms with Crippen LogP contribution in [0.5, 0.6) is 0 Å². The summed E-state index contributed by atoms with van der Waals surface area (Å²) in [5.41, 5.74) is -0.462. The van der Waals surface area contributed by atoms with Crippen molar-refractivity contribution >= 4 is 11.9 Å². The fraction of sp³-hybridized carbons (Fsp3) is 0.833. The summed E-state index contributed by atoms with van der Waals surface area (Å²) >= 11 is 0. The largest absolute Gasteiger partial charge is 0.481 e. The minimum absolute atomic E-state index is 0.0685. The molecule has 0 radical (unpaired) electrons. The number of hydrogen-bond donors (Lipinski definition) is 3. The van der Waals surface area contributed by atoms with Gasteiger partial charge in [-0.25, -0.2) is 0 Å². The first-order chi connectivity index (χ1) is 7.89. The van der Waals surface area contributed by atoms with E-state index in [9.17, 15) is 9.59 Å². The number of hydrogen-bond acceptors (Lipinski definition) is 3. The molecule has 0 bridgehead atoms. The van der Waals surface area contributed by atoms with E-state index in [2.05, 4.69) is 10.6 Å². The third-order valence-electron chi connectivity index (χ3n) is 2.86. The van der Waals surface area contributed by atoms with Gasteiger partial charge in [0, 0.05) is 12.0 Å². The number of carboxylic acid groups (broad SMARTS) is 1. The van der Waals surface area contributed by atoms with Crippen molar-refractivity contribution in [2.24, 2.45) is 5.92 Å². The van der Waals surface area contributed by atoms with Gasteiger partial charge in [-0.1, -0.05) is 0 Å². The Morgan fingerprint density at radius 3 is 2.53 bits per heavy atom. The molecule has 1 fully saturated rings. The van der Waals surface area contributed by atoms with Gasteiger partial charge in [-0.05, 0) is 45.6 Å². The average molecular weight is 242 g/mol. The van der Waals surface area contributed by atoms with E-state index in [4.69, 9.17) is 5.11 Å². The zero-order valence-electron chi connectivity index (χ0n) is 10.6. The van der Waals surface area contributed by atoms with Crippen LogP contribution in [-0.4, -0.2) is 35.6 Å². The lowest BCUT2D eigenvalue weighted by atomic mass is 9.98. The fourth-order valence-corrected chi connectivity index (χ4v) is 1.62. The third-order valence-corrected chi connectivity index (χ3v) is 2.86. The molecule has 1 aliphatic carbocycles. The summed E-state index contributed by atoms with van der Waals surface area (Å²) in [7, 11) is 0. The smallest absolute Gasteiger partial charge is 0.303 e. The Morgan fingerprint density at radius 1 is 1.35 bits per heavy atom. The molecular formula is C12H22N2O3. The maximum atomic E-state index is 11.6. The van der Waals surface area contributed by atoms with Gasteiger partial charge in [-0.2, -0.15) is 0 Å². The van der Waals surface area contributed by atoms with Gasteiger partial charge in [0.05, 0.1) is 6.54 Å². The van der Waals surface area contributed by atoms with Crippen LogP contribution >= 0.6 is 0 Å². The number of carboxylic acids is 1. The van der Waals surface area contributed by atoms with Crippen LogP contribution in [0.1, 0.15) is 39.5 Å². The van der Waals surface area contributed by atoms with Crippen LogP contribution in [0.15, 0.2) is 0 Å². The lowest BCUT2D eigenvalue weighted by Crippen LogP contribution is -2.47. The second-order valence-corrected chi connectivity index (χ2v) is 5.40. The Hall–Kier alpha value is -1.10. The Bertz CT molecular complexity index is 285. The summed E-state index contributed by atoms with van der Waals surface area (Å²) in [5, 5.41) is 14.5. The normalized spacial score (nSPS) is 15.6. The molecule has 0 unspecified atom stereocenters. The third kappa shape index (κ3) is 6.94. The monoisotopic (exact) mass is 242 g/mol. The first-order valence-electron chi connectivity index (χ1n) is 6.12. The molecule has 1 amide bonds. The van der Waals surface area contributed by atoms with Crippen molar-refractivity contribution in [3.8, 4) is 0 Å². The molecule has 0 aromatic carbocycles. The van der Waals surface area contributed by atoms with E-state index in [1.807, 2.05) is 13.8 Å². The minimum atomic E-state index is -0.834. The molecule has 0 atom stereocenters. The standard InChI is InChI=1S/C12H22N2O3/c1-12(2,6-5-11(16)17)14-10(15)8-13-7-9-3-4-9/h9,13H,3-8H2,1-2H3,(H,14,15)(H,16,17). The minimum Gasteiger partial charge on any atom is -0.481 e. The van der Waals surface area contributed by atoms with Crippen LogP contribution in [0.2, 0.25) is 0 Å². The summed E-state index contributed by atoms with van der Waals surface area (Å²) < 4.78 is 0. The van der Waals surface area contributed by atoms with Gasteiger partial charge in [0.1, 0.15) is 0 Å². The molecule has 0 heterocycles. The molecule has 0 aromatic rings. The number of rotatable bonds is 8. The number of aliphatic carboxylic acids is 1. The molecule has 98 valence electrons. The maximum Gasteiger partial charge on any atom is 0.303 e. The number of amides is 1. The van der Waals surface area contributed by atoms with Crippen LogP contribution in [0.3, 0.4) is 0 Å². The lowest BCUT2D eigenvalue weighted by molar-refractivity contribution is -0.137. The molecule has 0 saturated heterocycles. The van der Waals surface area contributed by atoms with Gasteiger partial charge < -0.3 is 15.7 Å².